The fraction of sp³-hybridized carbons (Fsp3) is 0.222. The third-order valence-corrected chi connectivity index (χ3v) is 5.09. The number of methoxy groups -OCH3 is 2. The predicted octanol–water partition coefficient (Wildman–Crippen LogP) is 2.71. The SMILES string of the molecule is COc1ccc(N2C(=O)CC(Sc3ccc(N)cc3)C2=O)c(OC)c1. The van der Waals surface area contributed by atoms with Gasteiger partial charge in [0.05, 0.1) is 25.2 Å². The summed E-state index contributed by atoms with van der Waals surface area (Å²) in [5.41, 5.74) is 6.76. The van der Waals surface area contributed by atoms with Gasteiger partial charge in [-0.1, -0.05) is 0 Å². The molecule has 0 radical (unpaired) electrons. The molecule has 2 amide bonds. The number of anilines is 2. The van der Waals surface area contributed by atoms with E-state index in [0.717, 1.165) is 4.90 Å². The average Bonchev–Trinajstić information content (AvgIpc) is 2.90. The van der Waals surface area contributed by atoms with Crippen molar-refractivity contribution in [3.63, 3.8) is 0 Å². The van der Waals surface area contributed by atoms with Gasteiger partial charge in [-0.25, -0.2) is 4.90 Å². The molecule has 0 aliphatic carbocycles. The first-order chi connectivity index (χ1) is 12.0. The Balaban J connectivity index is 1.85. The minimum atomic E-state index is -0.470. The zero-order valence-corrected chi connectivity index (χ0v) is 14.7. The number of hydrogen-bond acceptors (Lipinski definition) is 6. The molecule has 1 fully saturated rings. The molecule has 1 heterocycles. The normalized spacial score (nSPS) is 17.0. The topological polar surface area (TPSA) is 81.9 Å². The number of thioether (sulfide) groups is 1. The first-order valence-corrected chi connectivity index (χ1v) is 8.52. The number of nitrogens with zero attached hydrogens (tertiary/aromatic N) is 1. The zero-order valence-electron chi connectivity index (χ0n) is 13.9. The van der Waals surface area contributed by atoms with Crippen LogP contribution in [-0.4, -0.2) is 31.3 Å². The summed E-state index contributed by atoms with van der Waals surface area (Å²) in [5.74, 6) is 0.503. The lowest BCUT2D eigenvalue weighted by Gasteiger charge is -2.18. The second-order valence-electron chi connectivity index (χ2n) is 5.48. The third kappa shape index (κ3) is 3.41. The molecule has 1 aliphatic rings. The summed E-state index contributed by atoms with van der Waals surface area (Å²) in [4.78, 5) is 27.3. The van der Waals surface area contributed by atoms with E-state index in [1.54, 1.807) is 37.4 Å². The largest absolute Gasteiger partial charge is 0.497 e. The van der Waals surface area contributed by atoms with Crippen LogP contribution in [0.3, 0.4) is 0 Å². The van der Waals surface area contributed by atoms with E-state index >= 15 is 0 Å². The van der Waals surface area contributed by atoms with E-state index in [0.29, 0.717) is 22.9 Å². The number of amides is 2. The Bertz CT molecular complexity index is 807. The van der Waals surface area contributed by atoms with Crippen molar-refractivity contribution in [3.05, 3.63) is 42.5 Å². The molecule has 130 valence electrons. The van der Waals surface area contributed by atoms with Crippen LogP contribution in [0.15, 0.2) is 47.4 Å². The van der Waals surface area contributed by atoms with Gasteiger partial charge in [-0.3, -0.25) is 9.59 Å². The molecule has 0 spiro atoms. The van der Waals surface area contributed by atoms with Crippen LogP contribution in [-0.2, 0) is 9.59 Å². The number of nitrogens with two attached hydrogens (primary N) is 1. The van der Waals surface area contributed by atoms with E-state index in [1.807, 2.05) is 12.1 Å². The van der Waals surface area contributed by atoms with Crippen LogP contribution < -0.4 is 20.1 Å². The summed E-state index contributed by atoms with van der Waals surface area (Å²) in [6.45, 7) is 0. The number of benzene rings is 2. The number of carbonyl (C=O) groups is 2. The molecule has 2 N–H and O–H groups in total. The molecule has 2 aromatic rings. The number of nitrogen functional groups attached to an aromatic ring is 1. The molecular weight excluding hydrogens is 340 g/mol. The first-order valence-electron chi connectivity index (χ1n) is 7.64. The molecule has 0 bridgehead atoms. The van der Waals surface area contributed by atoms with Crippen LogP contribution in [0.4, 0.5) is 11.4 Å². The maximum atomic E-state index is 12.8. The van der Waals surface area contributed by atoms with Crippen molar-refractivity contribution in [2.45, 2.75) is 16.6 Å². The van der Waals surface area contributed by atoms with E-state index in [2.05, 4.69) is 0 Å². The lowest BCUT2D eigenvalue weighted by atomic mass is 10.2. The molecule has 0 aromatic heterocycles. The zero-order chi connectivity index (χ0) is 18.0. The Kier molecular flexibility index (Phi) is 4.85. The van der Waals surface area contributed by atoms with Crippen LogP contribution in [0.5, 0.6) is 11.5 Å². The summed E-state index contributed by atoms with van der Waals surface area (Å²) in [5, 5.41) is -0.470. The van der Waals surface area contributed by atoms with Gasteiger partial charge < -0.3 is 15.2 Å². The van der Waals surface area contributed by atoms with Gasteiger partial charge in [0, 0.05) is 23.1 Å². The predicted molar refractivity (Wildman–Crippen MR) is 97.2 cm³/mol. The van der Waals surface area contributed by atoms with Gasteiger partial charge >= 0.3 is 0 Å². The van der Waals surface area contributed by atoms with Crippen LogP contribution in [0.1, 0.15) is 6.42 Å². The second-order valence-corrected chi connectivity index (χ2v) is 6.76. The second kappa shape index (κ2) is 7.06. The minimum absolute atomic E-state index is 0.142. The maximum Gasteiger partial charge on any atom is 0.247 e. The number of hydrogen-bond donors (Lipinski definition) is 1. The maximum absolute atomic E-state index is 12.8. The Morgan fingerprint density at radius 3 is 2.44 bits per heavy atom. The molecule has 1 unspecified atom stereocenters. The highest BCUT2D eigenvalue weighted by Gasteiger charge is 2.41. The lowest BCUT2D eigenvalue weighted by molar-refractivity contribution is -0.121. The minimum Gasteiger partial charge on any atom is -0.497 e. The van der Waals surface area contributed by atoms with Crippen molar-refractivity contribution >= 4 is 35.0 Å². The third-order valence-electron chi connectivity index (χ3n) is 3.89. The Labute approximate surface area is 149 Å². The van der Waals surface area contributed by atoms with Gasteiger partial charge in [-0.15, -0.1) is 11.8 Å². The summed E-state index contributed by atoms with van der Waals surface area (Å²) >= 11 is 1.36. The van der Waals surface area contributed by atoms with Crippen molar-refractivity contribution in [3.8, 4) is 11.5 Å². The van der Waals surface area contributed by atoms with Crippen LogP contribution in [0.25, 0.3) is 0 Å². The number of carbonyl (C=O) groups excluding carboxylic acids is 2. The van der Waals surface area contributed by atoms with Crippen LogP contribution in [0, 0.1) is 0 Å². The highest BCUT2D eigenvalue weighted by Crippen LogP contribution is 2.39. The molecule has 2 aromatic carbocycles. The molecule has 1 atom stereocenters. The molecule has 25 heavy (non-hydrogen) atoms. The van der Waals surface area contributed by atoms with E-state index < -0.39 is 5.25 Å². The van der Waals surface area contributed by atoms with E-state index in [-0.39, 0.29) is 18.2 Å². The highest BCUT2D eigenvalue weighted by molar-refractivity contribution is 8.00. The summed E-state index contributed by atoms with van der Waals surface area (Å²) < 4.78 is 10.5. The van der Waals surface area contributed by atoms with Gasteiger partial charge in [0.1, 0.15) is 11.5 Å². The Morgan fingerprint density at radius 1 is 1.08 bits per heavy atom. The Morgan fingerprint density at radius 2 is 1.80 bits per heavy atom. The van der Waals surface area contributed by atoms with Crippen molar-refractivity contribution < 1.29 is 19.1 Å². The van der Waals surface area contributed by atoms with Gasteiger partial charge in [0.2, 0.25) is 11.8 Å². The molecular formula is C18H18N2O4S. The molecule has 7 heteroatoms. The number of ether oxygens (including phenoxy) is 2. The monoisotopic (exact) mass is 358 g/mol. The summed E-state index contributed by atoms with van der Waals surface area (Å²) in [6, 6.07) is 12.2. The quantitative estimate of drug-likeness (QED) is 0.654. The molecule has 6 nitrogen and oxygen atoms in total. The standard InChI is InChI=1S/C18H18N2O4S/c1-23-12-5-8-14(15(9-12)24-2)20-17(21)10-16(18(20)22)25-13-6-3-11(19)4-7-13/h3-9,16H,10,19H2,1-2H3. The lowest BCUT2D eigenvalue weighted by Crippen LogP contribution is -2.31. The van der Waals surface area contributed by atoms with Gasteiger partial charge in [0.25, 0.3) is 0 Å². The molecule has 3 rings (SSSR count). The first kappa shape index (κ1) is 17.2. The van der Waals surface area contributed by atoms with Crippen LogP contribution in [0.2, 0.25) is 0 Å². The van der Waals surface area contributed by atoms with E-state index in [4.69, 9.17) is 15.2 Å². The fourth-order valence-electron chi connectivity index (χ4n) is 2.63. The fourth-order valence-corrected chi connectivity index (χ4v) is 3.68. The average molecular weight is 358 g/mol. The van der Waals surface area contributed by atoms with Gasteiger partial charge in [0.15, 0.2) is 0 Å². The van der Waals surface area contributed by atoms with Crippen LogP contribution >= 0.6 is 11.8 Å². The molecule has 1 saturated heterocycles. The summed E-state index contributed by atoms with van der Waals surface area (Å²) in [6.07, 6.45) is 0.142. The smallest absolute Gasteiger partial charge is 0.247 e. The van der Waals surface area contributed by atoms with Crippen molar-refractivity contribution in [2.24, 2.45) is 0 Å². The number of imide groups is 1. The van der Waals surface area contributed by atoms with E-state index in [1.165, 1.54) is 23.8 Å². The molecule has 0 saturated carbocycles. The summed E-state index contributed by atoms with van der Waals surface area (Å²) in [7, 11) is 3.03. The van der Waals surface area contributed by atoms with Crippen molar-refractivity contribution in [2.75, 3.05) is 24.9 Å². The van der Waals surface area contributed by atoms with Crippen molar-refractivity contribution in [1.29, 1.82) is 0 Å². The van der Waals surface area contributed by atoms with Crippen molar-refractivity contribution in [1.82, 2.24) is 0 Å². The molecule has 1 aliphatic heterocycles. The van der Waals surface area contributed by atoms with Gasteiger partial charge in [-0.2, -0.15) is 0 Å². The number of rotatable bonds is 5. The van der Waals surface area contributed by atoms with E-state index in [9.17, 15) is 9.59 Å². The highest BCUT2D eigenvalue weighted by atomic mass is 32.2. The Hall–Kier alpha value is -2.67. The van der Waals surface area contributed by atoms with Gasteiger partial charge in [-0.05, 0) is 36.4 Å².